The van der Waals surface area contributed by atoms with E-state index in [0.717, 1.165) is 18.6 Å². The fourth-order valence-corrected chi connectivity index (χ4v) is 3.89. The van der Waals surface area contributed by atoms with Crippen LogP contribution in [0.3, 0.4) is 0 Å². The molecule has 0 aromatic carbocycles. The number of hydrogen-bond acceptors (Lipinski definition) is 5. The monoisotopic (exact) mass is 339 g/mol. The average molecular weight is 340 g/mol. The quantitative estimate of drug-likeness (QED) is 0.272. The summed E-state index contributed by atoms with van der Waals surface area (Å²) in [5.41, 5.74) is 0.939. The Morgan fingerprint density at radius 2 is 2.26 bits per heavy atom. The van der Waals surface area contributed by atoms with Crippen LogP contribution >= 0.6 is 11.8 Å². The van der Waals surface area contributed by atoms with E-state index in [4.69, 9.17) is 4.84 Å². The number of Topliss-reactive ketones (excluding diaryl/α,β-unsaturated/α-hetero) is 1. The molecule has 23 heavy (non-hydrogen) atoms. The Bertz CT molecular complexity index is 471. The summed E-state index contributed by atoms with van der Waals surface area (Å²) in [6.07, 6.45) is 5.06. The summed E-state index contributed by atoms with van der Waals surface area (Å²) in [4.78, 5) is 17.7. The second-order valence-electron chi connectivity index (χ2n) is 5.89. The molecule has 1 unspecified atom stereocenters. The maximum Gasteiger partial charge on any atom is 0.168 e. The minimum atomic E-state index is -0.0122. The topological polar surface area (TPSA) is 58.9 Å². The molecule has 0 amide bonds. The first-order valence-electron chi connectivity index (χ1n) is 8.40. The molecule has 0 heterocycles. The molecule has 0 saturated carbocycles. The lowest BCUT2D eigenvalue weighted by Crippen LogP contribution is -2.26. The zero-order valence-corrected chi connectivity index (χ0v) is 15.3. The van der Waals surface area contributed by atoms with Crippen LogP contribution in [0.25, 0.3) is 0 Å². The smallest absolute Gasteiger partial charge is 0.168 e. The second-order valence-corrected chi connectivity index (χ2v) is 7.61. The lowest BCUT2D eigenvalue weighted by atomic mass is 9.82. The number of aliphatic hydroxyl groups is 1. The summed E-state index contributed by atoms with van der Waals surface area (Å²) >= 11 is 1.89. The van der Waals surface area contributed by atoms with Crippen molar-refractivity contribution < 1.29 is 14.7 Å². The molecular weight excluding hydrogens is 310 g/mol. The number of rotatable bonds is 10. The Kier molecular flexibility index (Phi) is 9.07. The third kappa shape index (κ3) is 6.42. The number of aliphatic hydroxyl groups excluding tert-OH is 1. The highest BCUT2D eigenvalue weighted by molar-refractivity contribution is 7.99. The van der Waals surface area contributed by atoms with Gasteiger partial charge in [-0.05, 0) is 24.5 Å². The van der Waals surface area contributed by atoms with Crippen molar-refractivity contribution in [1.82, 2.24) is 0 Å². The molecule has 0 aromatic heterocycles. The van der Waals surface area contributed by atoms with Crippen LogP contribution in [0.1, 0.15) is 52.9 Å². The Hall–Kier alpha value is -1.23. The third-order valence-electron chi connectivity index (χ3n) is 3.78. The molecule has 1 aliphatic rings. The van der Waals surface area contributed by atoms with Gasteiger partial charge in [0.15, 0.2) is 5.78 Å². The van der Waals surface area contributed by atoms with Crippen molar-refractivity contribution in [3.8, 4) is 0 Å². The van der Waals surface area contributed by atoms with Gasteiger partial charge in [0, 0.05) is 18.1 Å². The van der Waals surface area contributed by atoms with E-state index in [-0.39, 0.29) is 17.5 Å². The third-order valence-corrected chi connectivity index (χ3v) is 4.88. The molecule has 1 aliphatic carbocycles. The van der Waals surface area contributed by atoms with E-state index < -0.39 is 0 Å². The maximum atomic E-state index is 12.5. The molecule has 0 spiro atoms. The minimum Gasteiger partial charge on any atom is -0.511 e. The van der Waals surface area contributed by atoms with Crippen LogP contribution in [0, 0.1) is 5.92 Å². The Labute approximate surface area is 144 Å². The van der Waals surface area contributed by atoms with Gasteiger partial charge in [0.05, 0.1) is 11.3 Å². The van der Waals surface area contributed by atoms with Crippen molar-refractivity contribution in [3.63, 3.8) is 0 Å². The van der Waals surface area contributed by atoms with E-state index in [0.29, 0.717) is 42.4 Å². The van der Waals surface area contributed by atoms with Gasteiger partial charge in [-0.15, -0.1) is 0 Å². The van der Waals surface area contributed by atoms with Gasteiger partial charge >= 0.3 is 0 Å². The van der Waals surface area contributed by atoms with E-state index in [2.05, 4.69) is 25.6 Å². The molecule has 0 bridgehead atoms. The van der Waals surface area contributed by atoms with Crippen LogP contribution in [0.5, 0.6) is 0 Å². The molecule has 1 rings (SSSR count). The maximum absolute atomic E-state index is 12.5. The summed E-state index contributed by atoms with van der Waals surface area (Å²) in [6, 6.07) is 0. The molecule has 130 valence electrons. The van der Waals surface area contributed by atoms with Crippen molar-refractivity contribution in [2.45, 2.75) is 58.1 Å². The number of allylic oxidation sites excluding steroid dienone is 2. The molecule has 0 aliphatic heterocycles. The van der Waals surface area contributed by atoms with Gasteiger partial charge in [-0.1, -0.05) is 45.0 Å². The fourth-order valence-electron chi connectivity index (χ4n) is 2.91. The summed E-state index contributed by atoms with van der Waals surface area (Å²) in [5.74, 6) is 1.46. The minimum absolute atomic E-state index is 0.0122. The van der Waals surface area contributed by atoms with E-state index in [1.54, 1.807) is 6.08 Å². The van der Waals surface area contributed by atoms with E-state index >= 15 is 0 Å². The summed E-state index contributed by atoms with van der Waals surface area (Å²) in [7, 11) is 0. The Morgan fingerprint density at radius 3 is 2.83 bits per heavy atom. The molecule has 0 saturated heterocycles. The number of oxime groups is 1. The SMILES string of the molecule is C=CCO/N=C(\CCC)C1=C(O)CC(C[C@H](C)SCC)CC1=O. The van der Waals surface area contributed by atoms with Gasteiger partial charge in [-0.25, -0.2) is 0 Å². The zero-order valence-electron chi connectivity index (χ0n) is 14.5. The molecule has 5 heteroatoms. The fraction of sp³-hybridized carbons (Fsp3) is 0.667. The lowest BCUT2D eigenvalue weighted by molar-refractivity contribution is -0.116. The van der Waals surface area contributed by atoms with Crippen molar-refractivity contribution in [2.75, 3.05) is 12.4 Å². The van der Waals surface area contributed by atoms with E-state index in [9.17, 15) is 9.90 Å². The average Bonchev–Trinajstić information content (AvgIpc) is 2.47. The van der Waals surface area contributed by atoms with Gasteiger partial charge in [0.25, 0.3) is 0 Å². The number of nitrogens with zero attached hydrogens (tertiary/aromatic N) is 1. The zero-order chi connectivity index (χ0) is 17.2. The molecular formula is C18H29NO3S. The molecule has 4 nitrogen and oxygen atoms in total. The number of carbonyl (C=O) groups excluding carboxylic acids is 1. The van der Waals surface area contributed by atoms with Gasteiger partial charge < -0.3 is 9.94 Å². The molecule has 0 aromatic rings. The van der Waals surface area contributed by atoms with Gasteiger partial charge in [-0.2, -0.15) is 11.8 Å². The number of ketones is 1. The largest absolute Gasteiger partial charge is 0.511 e. The normalized spacial score (nSPS) is 20.6. The Balaban J connectivity index is 2.86. The molecule has 0 fully saturated rings. The predicted molar refractivity (Wildman–Crippen MR) is 98.1 cm³/mol. The first-order chi connectivity index (χ1) is 11.0. The molecule has 1 N–H and O–H groups in total. The molecule has 2 atom stereocenters. The Morgan fingerprint density at radius 1 is 1.52 bits per heavy atom. The summed E-state index contributed by atoms with van der Waals surface area (Å²) in [5, 5.41) is 15.0. The van der Waals surface area contributed by atoms with Gasteiger partial charge in [0.2, 0.25) is 0 Å². The van der Waals surface area contributed by atoms with Crippen LogP contribution in [-0.2, 0) is 9.63 Å². The van der Waals surface area contributed by atoms with Crippen molar-refractivity contribution in [3.05, 3.63) is 24.0 Å². The summed E-state index contributed by atoms with van der Waals surface area (Å²) < 4.78 is 0. The standard InChI is InChI=1S/C18H29NO3S/c1-5-8-15(19-22-9-6-2)18-16(20)11-14(12-17(18)21)10-13(4)23-7-3/h6,13-14,20H,2,5,7-12H2,1,3-4H3/b19-15+/t13-,14?/m0/s1. The first kappa shape index (κ1) is 19.8. The highest BCUT2D eigenvalue weighted by atomic mass is 32.2. The summed E-state index contributed by atoms with van der Waals surface area (Å²) in [6.45, 7) is 10.2. The highest BCUT2D eigenvalue weighted by Crippen LogP contribution is 2.32. The van der Waals surface area contributed by atoms with Gasteiger partial charge in [0.1, 0.15) is 12.4 Å². The predicted octanol–water partition coefficient (Wildman–Crippen LogP) is 4.67. The van der Waals surface area contributed by atoms with Crippen LogP contribution in [-0.4, -0.2) is 34.2 Å². The van der Waals surface area contributed by atoms with Crippen molar-refractivity contribution in [2.24, 2.45) is 11.1 Å². The van der Waals surface area contributed by atoms with Gasteiger partial charge in [-0.3, -0.25) is 4.79 Å². The van der Waals surface area contributed by atoms with Crippen LogP contribution in [0.2, 0.25) is 0 Å². The first-order valence-corrected chi connectivity index (χ1v) is 9.45. The van der Waals surface area contributed by atoms with E-state index in [1.807, 2.05) is 18.7 Å². The van der Waals surface area contributed by atoms with Crippen LogP contribution in [0.15, 0.2) is 29.1 Å². The van der Waals surface area contributed by atoms with Crippen molar-refractivity contribution in [1.29, 1.82) is 0 Å². The van der Waals surface area contributed by atoms with E-state index in [1.165, 1.54) is 0 Å². The molecule has 0 radical (unpaired) electrons. The van der Waals surface area contributed by atoms with Crippen molar-refractivity contribution >= 4 is 23.3 Å². The second kappa shape index (κ2) is 10.5. The lowest BCUT2D eigenvalue weighted by Gasteiger charge is -2.25. The van der Waals surface area contributed by atoms with Crippen LogP contribution < -0.4 is 0 Å². The number of hydrogen-bond donors (Lipinski definition) is 1. The number of thioether (sulfide) groups is 1. The van der Waals surface area contributed by atoms with Crippen LogP contribution in [0.4, 0.5) is 0 Å². The highest BCUT2D eigenvalue weighted by Gasteiger charge is 2.31. The number of carbonyl (C=O) groups is 1.